The predicted octanol–water partition coefficient (Wildman–Crippen LogP) is 4.07. The second-order valence-electron chi connectivity index (χ2n) is 8.35. The normalized spacial score (nSPS) is 27.0. The fourth-order valence-corrected chi connectivity index (χ4v) is 4.56. The Morgan fingerprint density at radius 1 is 1.15 bits per heavy atom. The van der Waals surface area contributed by atoms with E-state index in [9.17, 15) is 22.4 Å². The lowest BCUT2D eigenvalue weighted by Gasteiger charge is -2.39. The summed E-state index contributed by atoms with van der Waals surface area (Å²) in [7, 11) is 0. The van der Waals surface area contributed by atoms with Crippen molar-refractivity contribution >= 4 is 5.91 Å². The first kappa shape index (κ1) is 18.7. The van der Waals surface area contributed by atoms with Crippen molar-refractivity contribution in [3.05, 3.63) is 35.1 Å². The highest BCUT2D eigenvalue weighted by Gasteiger charge is 2.48. The monoisotopic (exact) mass is 384 g/mol. The van der Waals surface area contributed by atoms with Gasteiger partial charge >= 0.3 is 6.18 Å². The molecule has 0 unspecified atom stereocenters. The van der Waals surface area contributed by atoms with Crippen LogP contribution in [0.25, 0.3) is 0 Å². The second kappa shape index (κ2) is 6.76. The average molecular weight is 384 g/mol. The van der Waals surface area contributed by atoms with Crippen molar-refractivity contribution < 1.29 is 22.4 Å². The van der Waals surface area contributed by atoms with Gasteiger partial charge in [0.25, 0.3) is 0 Å². The third-order valence-corrected chi connectivity index (χ3v) is 6.17. The summed E-state index contributed by atoms with van der Waals surface area (Å²) in [6, 6.07) is 3.17. The minimum absolute atomic E-state index is 0.221. The van der Waals surface area contributed by atoms with E-state index < -0.39 is 17.6 Å². The van der Waals surface area contributed by atoms with Gasteiger partial charge in [-0.1, -0.05) is 6.07 Å². The second-order valence-corrected chi connectivity index (χ2v) is 8.35. The molecule has 27 heavy (non-hydrogen) atoms. The third kappa shape index (κ3) is 3.84. The van der Waals surface area contributed by atoms with E-state index in [1.165, 1.54) is 18.9 Å². The van der Waals surface area contributed by atoms with Gasteiger partial charge in [0, 0.05) is 26.2 Å². The summed E-state index contributed by atoms with van der Waals surface area (Å²) < 4.78 is 52.3. The number of carbonyl (C=O) groups excluding carboxylic acids is 1. The highest BCUT2D eigenvalue weighted by atomic mass is 19.4. The molecule has 2 heterocycles. The Kier molecular flexibility index (Phi) is 4.69. The number of nitrogens with zero attached hydrogens (tertiary/aromatic N) is 2. The quantitative estimate of drug-likeness (QED) is 0.731. The molecule has 0 aromatic heterocycles. The molecule has 1 atom stereocenters. The summed E-state index contributed by atoms with van der Waals surface area (Å²) >= 11 is 0. The summed E-state index contributed by atoms with van der Waals surface area (Å²) in [4.78, 5) is 17.1. The van der Waals surface area contributed by atoms with Crippen molar-refractivity contribution in [1.82, 2.24) is 9.80 Å². The number of benzene rings is 1. The molecule has 2 aliphatic heterocycles. The van der Waals surface area contributed by atoms with Gasteiger partial charge in [0.05, 0.1) is 11.0 Å². The molecule has 3 nitrogen and oxygen atoms in total. The van der Waals surface area contributed by atoms with Crippen molar-refractivity contribution in [3.8, 4) is 0 Å². The van der Waals surface area contributed by atoms with Crippen LogP contribution in [-0.4, -0.2) is 41.9 Å². The van der Waals surface area contributed by atoms with Gasteiger partial charge < -0.3 is 4.90 Å². The molecule has 0 bridgehead atoms. The molecule has 0 radical (unpaired) electrons. The zero-order valence-electron chi connectivity index (χ0n) is 15.2. The van der Waals surface area contributed by atoms with Crippen LogP contribution in [0, 0.1) is 17.2 Å². The van der Waals surface area contributed by atoms with Gasteiger partial charge in [-0.3, -0.25) is 9.69 Å². The minimum Gasteiger partial charge on any atom is -0.342 e. The number of carbonyl (C=O) groups is 1. The first-order valence-corrected chi connectivity index (χ1v) is 9.64. The molecule has 3 fully saturated rings. The summed E-state index contributed by atoms with van der Waals surface area (Å²) in [5, 5.41) is 0. The molecular formula is C20H24F4N2O. The molecule has 2 saturated heterocycles. The van der Waals surface area contributed by atoms with E-state index in [0.717, 1.165) is 44.5 Å². The van der Waals surface area contributed by atoms with Crippen LogP contribution in [-0.2, 0) is 17.5 Å². The van der Waals surface area contributed by atoms with Crippen LogP contribution in [0.15, 0.2) is 18.2 Å². The van der Waals surface area contributed by atoms with E-state index in [-0.39, 0.29) is 11.3 Å². The number of likely N-dealkylation sites (tertiary alicyclic amines) is 2. The highest BCUT2D eigenvalue weighted by Crippen LogP contribution is 2.42. The maximum atomic E-state index is 13.5. The summed E-state index contributed by atoms with van der Waals surface area (Å²) in [6.07, 6.45) is 0.293. The van der Waals surface area contributed by atoms with E-state index in [2.05, 4.69) is 0 Å². The molecule has 1 aliphatic carbocycles. The zero-order chi connectivity index (χ0) is 19.2. The Morgan fingerprint density at radius 2 is 1.93 bits per heavy atom. The van der Waals surface area contributed by atoms with Crippen LogP contribution in [0.3, 0.4) is 0 Å². The van der Waals surface area contributed by atoms with E-state index in [1.54, 1.807) is 0 Å². The Labute approximate surface area is 156 Å². The molecule has 7 heteroatoms. The number of rotatable bonds is 4. The molecule has 0 N–H and O–H groups in total. The van der Waals surface area contributed by atoms with Gasteiger partial charge in [-0.25, -0.2) is 4.39 Å². The number of hydrogen-bond donors (Lipinski definition) is 0. The fraction of sp³-hybridized carbons (Fsp3) is 0.650. The van der Waals surface area contributed by atoms with Gasteiger partial charge in [-0.05, 0) is 62.3 Å². The van der Waals surface area contributed by atoms with Gasteiger partial charge in [0.2, 0.25) is 5.91 Å². The number of hydrogen-bond acceptors (Lipinski definition) is 2. The molecule has 1 spiro atoms. The van der Waals surface area contributed by atoms with Crippen LogP contribution in [0.1, 0.15) is 43.2 Å². The van der Waals surface area contributed by atoms with Crippen LogP contribution in [0.5, 0.6) is 0 Å². The largest absolute Gasteiger partial charge is 0.419 e. The molecule has 3 aliphatic rings. The average Bonchev–Trinajstić information content (AvgIpc) is 3.33. The lowest BCUT2D eigenvalue weighted by molar-refractivity contribution is -0.146. The third-order valence-electron chi connectivity index (χ3n) is 6.17. The SMILES string of the molecule is O=C1N(CC2CC2)CCC[C@]12CCN(Cc1ccc(F)c(C(F)(F)F)c1)C2. The summed E-state index contributed by atoms with van der Waals surface area (Å²) in [5.41, 5.74) is -1.18. The molecule has 4 rings (SSSR count). The summed E-state index contributed by atoms with van der Waals surface area (Å²) in [5.74, 6) is -0.373. The first-order valence-electron chi connectivity index (χ1n) is 9.64. The maximum absolute atomic E-state index is 13.5. The van der Waals surface area contributed by atoms with Crippen molar-refractivity contribution in [1.29, 1.82) is 0 Å². The van der Waals surface area contributed by atoms with Crippen molar-refractivity contribution in [2.24, 2.45) is 11.3 Å². The molecule has 148 valence electrons. The Morgan fingerprint density at radius 3 is 2.63 bits per heavy atom. The van der Waals surface area contributed by atoms with Gasteiger partial charge in [-0.2, -0.15) is 13.2 Å². The minimum atomic E-state index is -4.70. The number of piperidine rings is 1. The lowest BCUT2D eigenvalue weighted by Crippen LogP contribution is -2.50. The topological polar surface area (TPSA) is 23.6 Å². The van der Waals surface area contributed by atoms with Gasteiger partial charge in [0.15, 0.2) is 0 Å². The van der Waals surface area contributed by atoms with E-state index in [4.69, 9.17) is 0 Å². The Bertz CT molecular complexity index is 731. The van der Waals surface area contributed by atoms with Crippen molar-refractivity contribution in [3.63, 3.8) is 0 Å². The van der Waals surface area contributed by atoms with E-state index >= 15 is 0 Å². The van der Waals surface area contributed by atoms with Crippen molar-refractivity contribution in [2.45, 2.75) is 44.8 Å². The van der Waals surface area contributed by atoms with Crippen LogP contribution in [0.4, 0.5) is 17.6 Å². The maximum Gasteiger partial charge on any atom is 0.419 e. The standard InChI is InChI=1S/C20H24F4N2O/c21-17-5-4-15(10-16(17)20(22,23)24)11-25-9-7-19(13-25)6-1-8-26(18(19)27)12-14-2-3-14/h4-5,10,14H,1-3,6-9,11-13H2/t19-/m1/s1. The van der Waals surface area contributed by atoms with Crippen LogP contribution >= 0.6 is 0 Å². The number of halogens is 4. The number of amides is 1. The Hall–Kier alpha value is -1.63. The lowest BCUT2D eigenvalue weighted by atomic mass is 9.78. The fourth-order valence-electron chi connectivity index (χ4n) is 4.56. The zero-order valence-corrected chi connectivity index (χ0v) is 15.2. The Balaban J connectivity index is 1.44. The molecule has 1 saturated carbocycles. The molecule has 1 amide bonds. The molecular weight excluding hydrogens is 360 g/mol. The summed E-state index contributed by atoms with van der Waals surface area (Å²) in [6.45, 7) is 3.24. The first-order chi connectivity index (χ1) is 12.8. The number of alkyl halides is 3. The van der Waals surface area contributed by atoms with Crippen LogP contribution in [0.2, 0.25) is 0 Å². The molecule has 1 aromatic rings. The van der Waals surface area contributed by atoms with E-state index in [1.807, 2.05) is 9.80 Å². The van der Waals surface area contributed by atoms with E-state index in [0.29, 0.717) is 31.1 Å². The van der Waals surface area contributed by atoms with Gasteiger partial charge in [-0.15, -0.1) is 0 Å². The van der Waals surface area contributed by atoms with Crippen molar-refractivity contribution in [2.75, 3.05) is 26.2 Å². The van der Waals surface area contributed by atoms with Gasteiger partial charge in [0.1, 0.15) is 5.82 Å². The predicted molar refractivity (Wildman–Crippen MR) is 92.3 cm³/mol. The highest BCUT2D eigenvalue weighted by molar-refractivity contribution is 5.84. The molecule has 1 aromatic carbocycles. The smallest absolute Gasteiger partial charge is 0.342 e. The van der Waals surface area contributed by atoms with Crippen LogP contribution < -0.4 is 0 Å².